The van der Waals surface area contributed by atoms with E-state index in [1.165, 1.54) is 42.6 Å². The quantitative estimate of drug-likeness (QED) is 0.114. The zero-order valence-electron chi connectivity index (χ0n) is 30.9. The summed E-state index contributed by atoms with van der Waals surface area (Å²) < 4.78 is 105. The summed E-state index contributed by atoms with van der Waals surface area (Å²) in [6.45, 7) is -2.46. The smallest absolute Gasteiger partial charge is 0.434 e. The summed E-state index contributed by atoms with van der Waals surface area (Å²) in [6, 6.07) is 7.74. The minimum atomic E-state index is -4.92. The Hall–Kier alpha value is -5.80. The largest absolute Gasteiger partial charge is 0.463 e. The second-order valence-corrected chi connectivity index (χ2v) is 15.5. The summed E-state index contributed by atoms with van der Waals surface area (Å²) in [4.78, 5) is 50.0. The first-order valence-corrected chi connectivity index (χ1v) is 18.4. The molecule has 2 saturated carbocycles. The standard InChI is InChI=1S/C36H34ClF7N10O5/c1-33(2,36(42,43)44)16-35(20-6-3-18(4-7-20)24-14-46-54(51-24)21-8-9-21)28(55)52(30(49-35)48-31(56)57)25(15-59-32(58)50-34(11-12-34)27(38)39)19-5-10-23(37)22(13-19)26-45-17-47-53(26)29(40)41/h3-7,10,13-14,17,21,25,27,29H,8-9,11-12,15-16H2,1-2H3,(H,48,49)(H,50,58)(H,56,57)/t25?,35-/m1/s1. The van der Waals surface area contributed by atoms with Gasteiger partial charge < -0.3 is 20.5 Å². The molecule has 1 unspecified atom stereocenters. The van der Waals surface area contributed by atoms with Crippen LogP contribution in [-0.2, 0) is 15.1 Å². The average Bonchev–Trinajstić information content (AvgIpc) is 4.03. The van der Waals surface area contributed by atoms with Crippen molar-refractivity contribution < 1.29 is 55.0 Å². The summed E-state index contributed by atoms with van der Waals surface area (Å²) in [5.74, 6) is -2.46. The van der Waals surface area contributed by atoms with Crippen LogP contribution in [-0.4, -0.2) is 88.6 Å². The zero-order chi connectivity index (χ0) is 42.7. The van der Waals surface area contributed by atoms with Crippen LogP contribution in [0.4, 0.5) is 40.3 Å². The molecular formula is C36H34ClF7N10O5. The molecule has 3 aliphatic rings. The van der Waals surface area contributed by atoms with Crippen molar-refractivity contribution in [3.05, 3.63) is 71.1 Å². The first kappa shape index (κ1) is 41.4. The molecule has 4 aromatic rings. The maximum atomic E-state index is 15.2. The number of alkyl halides is 7. The Kier molecular flexibility index (Phi) is 10.6. The fourth-order valence-electron chi connectivity index (χ4n) is 6.82. The third-order valence-corrected chi connectivity index (χ3v) is 10.8. The van der Waals surface area contributed by atoms with Crippen LogP contribution in [0, 0.1) is 5.41 Å². The number of rotatable bonds is 13. The van der Waals surface area contributed by atoms with Gasteiger partial charge in [-0.05, 0) is 55.4 Å². The van der Waals surface area contributed by atoms with Gasteiger partial charge in [-0.25, -0.2) is 23.4 Å². The van der Waals surface area contributed by atoms with Crippen LogP contribution in [0.1, 0.15) is 75.7 Å². The number of nitrogens with one attached hydrogen (secondary N) is 2. The molecule has 23 heteroatoms. The highest BCUT2D eigenvalue weighted by Gasteiger charge is 2.61. The molecule has 59 heavy (non-hydrogen) atoms. The van der Waals surface area contributed by atoms with Gasteiger partial charge in [0.15, 0.2) is 5.82 Å². The Labute approximate surface area is 334 Å². The van der Waals surface area contributed by atoms with Crippen molar-refractivity contribution in [1.29, 1.82) is 0 Å². The van der Waals surface area contributed by atoms with Crippen LogP contribution in [0.25, 0.3) is 22.6 Å². The molecule has 2 aliphatic carbocycles. The normalized spacial score (nSPS) is 20.3. The van der Waals surface area contributed by atoms with E-state index in [0.29, 0.717) is 16.2 Å². The van der Waals surface area contributed by atoms with Crippen molar-refractivity contribution in [2.24, 2.45) is 10.4 Å². The van der Waals surface area contributed by atoms with Crippen molar-refractivity contribution in [2.75, 3.05) is 6.61 Å². The van der Waals surface area contributed by atoms with E-state index < -0.39 is 84.6 Å². The molecule has 1 saturated heterocycles. The van der Waals surface area contributed by atoms with E-state index in [2.05, 4.69) is 35.9 Å². The summed E-state index contributed by atoms with van der Waals surface area (Å²) in [7, 11) is 0. The molecule has 2 aromatic carbocycles. The van der Waals surface area contributed by atoms with Gasteiger partial charge in [0.2, 0.25) is 5.96 Å². The molecule has 3 amide bonds. The van der Waals surface area contributed by atoms with Gasteiger partial charge in [0, 0.05) is 11.1 Å². The Balaban J connectivity index is 1.35. The number of ether oxygens (including phenoxy) is 1. The van der Waals surface area contributed by atoms with E-state index in [-0.39, 0.29) is 45.3 Å². The van der Waals surface area contributed by atoms with Crippen LogP contribution in [0.15, 0.2) is 60.0 Å². The third kappa shape index (κ3) is 8.00. The Morgan fingerprint density at radius 3 is 2.37 bits per heavy atom. The Morgan fingerprint density at radius 2 is 1.78 bits per heavy atom. The monoisotopic (exact) mass is 854 g/mol. The maximum Gasteiger partial charge on any atom is 0.434 e. The average molecular weight is 855 g/mol. The zero-order valence-corrected chi connectivity index (χ0v) is 31.7. The van der Waals surface area contributed by atoms with Crippen molar-refractivity contribution >= 4 is 35.7 Å². The van der Waals surface area contributed by atoms with Crippen molar-refractivity contribution in [3.63, 3.8) is 0 Å². The lowest BCUT2D eigenvalue weighted by Crippen LogP contribution is -2.50. The van der Waals surface area contributed by atoms with Gasteiger partial charge in [0.05, 0.1) is 28.7 Å². The molecule has 314 valence electrons. The van der Waals surface area contributed by atoms with Crippen molar-refractivity contribution in [1.82, 2.24) is 45.3 Å². The minimum Gasteiger partial charge on any atom is -0.463 e. The first-order chi connectivity index (χ1) is 27.7. The number of nitrogens with zero attached hydrogens (tertiary/aromatic N) is 8. The van der Waals surface area contributed by atoms with Gasteiger partial charge in [-0.1, -0.05) is 55.8 Å². The molecule has 3 fully saturated rings. The molecule has 0 spiro atoms. The topological polar surface area (TPSA) is 182 Å². The van der Waals surface area contributed by atoms with Crippen LogP contribution >= 0.6 is 11.6 Å². The predicted molar refractivity (Wildman–Crippen MR) is 192 cm³/mol. The second-order valence-electron chi connectivity index (χ2n) is 15.1. The number of alkyl carbamates (subject to hydrolysis) is 1. The number of amides is 3. The lowest BCUT2D eigenvalue weighted by molar-refractivity contribution is -0.218. The molecule has 2 atom stereocenters. The molecule has 3 N–H and O–H groups in total. The summed E-state index contributed by atoms with van der Waals surface area (Å²) >= 11 is 6.41. The van der Waals surface area contributed by atoms with Crippen molar-refractivity contribution in [3.8, 4) is 22.6 Å². The Bertz CT molecular complexity index is 2290. The van der Waals surface area contributed by atoms with E-state index in [4.69, 9.17) is 16.3 Å². The van der Waals surface area contributed by atoms with Gasteiger partial charge in [-0.3, -0.25) is 9.69 Å². The molecule has 1 aliphatic heterocycles. The number of aromatic nitrogens is 6. The fraction of sp³-hybridized carbons (Fsp3) is 0.444. The van der Waals surface area contributed by atoms with Gasteiger partial charge in [0.1, 0.15) is 29.7 Å². The number of carbonyl (C=O) groups excluding carboxylic acids is 2. The van der Waals surface area contributed by atoms with E-state index in [1.807, 2.05) is 0 Å². The summed E-state index contributed by atoms with van der Waals surface area (Å²) in [5, 5.41) is 26.7. The van der Waals surface area contributed by atoms with Crippen LogP contribution in [0.5, 0.6) is 0 Å². The molecule has 0 radical (unpaired) electrons. The first-order valence-electron chi connectivity index (χ1n) is 18.0. The van der Waals surface area contributed by atoms with Gasteiger partial charge in [-0.2, -0.15) is 46.7 Å². The van der Waals surface area contributed by atoms with Crippen molar-refractivity contribution in [2.45, 2.75) is 88.3 Å². The van der Waals surface area contributed by atoms with Gasteiger partial charge in [0.25, 0.3) is 12.3 Å². The Morgan fingerprint density at radius 1 is 1.08 bits per heavy atom. The highest BCUT2D eigenvalue weighted by atomic mass is 35.5. The number of halogens is 8. The van der Waals surface area contributed by atoms with E-state index in [1.54, 1.807) is 4.80 Å². The highest BCUT2D eigenvalue weighted by Crippen LogP contribution is 2.49. The lowest BCUT2D eigenvalue weighted by atomic mass is 9.74. The number of aliphatic imine (C=N–C) groups is 1. The predicted octanol–water partition coefficient (Wildman–Crippen LogP) is 7.49. The number of hydrogen-bond donors (Lipinski definition) is 3. The second kappa shape index (κ2) is 15.1. The molecule has 0 bridgehead atoms. The SMILES string of the molecule is CC(C)(C[C@]1(c2ccc(-c3cnn(C4CC4)n3)cc2)N/C(=N\C(=O)O)N(C(COC(=O)NC2(C(F)F)CC2)c2ccc(Cl)c(-c3ncnn3C(F)F)c2)C1=O)C(F)(F)F. The number of guanidine groups is 1. The van der Waals surface area contributed by atoms with E-state index in [0.717, 1.165) is 39.1 Å². The number of hydrogen-bond acceptors (Lipinski definition) is 8. The molecule has 15 nitrogen and oxygen atoms in total. The van der Waals surface area contributed by atoms with Crippen LogP contribution < -0.4 is 10.6 Å². The number of benzene rings is 2. The highest BCUT2D eigenvalue weighted by molar-refractivity contribution is 6.33. The molecular weight excluding hydrogens is 821 g/mol. The number of carbonyl (C=O) groups is 3. The molecule has 3 heterocycles. The third-order valence-electron chi connectivity index (χ3n) is 10.5. The lowest BCUT2D eigenvalue weighted by Gasteiger charge is -2.37. The molecule has 2 aromatic heterocycles. The van der Waals surface area contributed by atoms with Gasteiger partial charge >= 0.3 is 24.9 Å². The fourth-order valence-corrected chi connectivity index (χ4v) is 7.02. The van der Waals surface area contributed by atoms with Gasteiger partial charge in [-0.15, -0.1) is 4.99 Å². The summed E-state index contributed by atoms with van der Waals surface area (Å²) in [5.41, 5.74) is -6.38. The summed E-state index contributed by atoms with van der Waals surface area (Å²) in [6.07, 6.45) is -8.22. The number of carboxylic acid groups (broad SMARTS) is 1. The van der Waals surface area contributed by atoms with Crippen LogP contribution in [0.2, 0.25) is 5.02 Å². The van der Waals surface area contributed by atoms with E-state index >= 15 is 4.79 Å². The molecule has 7 rings (SSSR count). The van der Waals surface area contributed by atoms with E-state index in [9.17, 15) is 45.4 Å². The minimum absolute atomic E-state index is 0.0643. The van der Waals surface area contributed by atoms with Crippen LogP contribution in [0.3, 0.4) is 0 Å². The maximum absolute atomic E-state index is 15.2.